The lowest BCUT2D eigenvalue weighted by molar-refractivity contribution is -0.0759. The van der Waals surface area contributed by atoms with Crippen molar-refractivity contribution >= 4 is 11.7 Å². The molecule has 0 saturated heterocycles. The van der Waals surface area contributed by atoms with Crippen molar-refractivity contribution in [1.82, 2.24) is 5.06 Å². The average molecular weight is 445 g/mol. The number of Topliss-reactive ketones (excluding diaryl/α,β-unsaturated/α-hetero) is 1. The Morgan fingerprint density at radius 2 is 1.56 bits per heavy atom. The van der Waals surface area contributed by atoms with Crippen LogP contribution in [0.1, 0.15) is 33.6 Å². The first kappa shape index (κ1) is 24.7. The van der Waals surface area contributed by atoms with Crippen LogP contribution in [0.4, 0.5) is 8.78 Å². The number of amides is 1. The number of carbonyl (C=O) groups excluding carboxylic acids is 2. The molecular weight excluding hydrogens is 420 g/mol. The number of nitrogens with zero attached hydrogens (tertiary/aromatic N) is 1. The maximum Gasteiger partial charge on any atom is 0.280 e. The predicted octanol–water partition coefficient (Wildman–Crippen LogP) is 4.76. The molecule has 2 rings (SSSR count). The average Bonchev–Trinajstić information content (AvgIpc) is 2.80. The van der Waals surface area contributed by atoms with Crippen molar-refractivity contribution in [2.45, 2.75) is 12.8 Å². The monoisotopic (exact) mass is 445 g/mol. The zero-order valence-electron chi connectivity index (χ0n) is 18.0. The molecule has 0 heterocycles. The van der Waals surface area contributed by atoms with E-state index >= 15 is 0 Å². The van der Waals surface area contributed by atoms with E-state index in [4.69, 9.17) is 14.3 Å². The van der Waals surface area contributed by atoms with Crippen LogP contribution >= 0.6 is 0 Å². The van der Waals surface area contributed by atoms with Gasteiger partial charge in [-0.1, -0.05) is 24.8 Å². The second kappa shape index (κ2) is 12.4. The summed E-state index contributed by atoms with van der Waals surface area (Å²) in [5.74, 6) is -1.58. The molecule has 0 radical (unpaired) electrons. The van der Waals surface area contributed by atoms with Gasteiger partial charge in [0.25, 0.3) is 5.91 Å². The Morgan fingerprint density at radius 3 is 2.19 bits per heavy atom. The molecule has 8 heteroatoms. The van der Waals surface area contributed by atoms with Crippen LogP contribution in [0.5, 0.6) is 11.5 Å². The van der Waals surface area contributed by atoms with E-state index in [1.807, 2.05) is 0 Å². The molecule has 0 N–H and O–H groups in total. The first-order valence-electron chi connectivity index (χ1n) is 9.83. The molecule has 0 aromatic heterocycles. The van der Waals surface area contributed by atoms with Gasteiger partial charge in [0.2, 0.25) is 0 Å². The highest BCUT2D eigenvalue weighted by Crippen LogP contribution is 2.20. The van der Waals surface area contributed by atoms with Crippen molar-refractivity contribution < 1.29 is 32.7 Å². The fraction of sp³-hybridized carbons (Fsp3) is 0.250. The number of rotatable bonds is 12. The second-order valence-corrected chi connectivity index (χ2v) is 6.61. The largest absolute Gasteiger partial charge is 0.490 e. The first-order valence-corrected chi connectivity index (χ1v) is 9.83. The molecule has 2 aromatic carbocycles. The van der Waals surface area contributed by atoms with Gasteiger partial charge < -0.3 is 9.47 Å². The van der Waals surface area contributed by atoms with E-state index in [2.05, 4.69) is 6.58 Å². The maximum absolute atomic E-state index is 14.0. The van der Waals surface area contributed by atoms with Crippen molar-refractivity contribution in [3.8, 4) is 11.5 Å². The van der Waals surface area contributed by atoms with Gasteiger partial charge in [0.1, 0.15) is 36.3 Å². The number of hydroxylamine groups is 2. The van der Waals surface area contributed by atoms with E-state index in [0.717, 1.165) is 11.1 Å². The van der Waals surface area contributed by atoms with E-state index in [1.165, 1.54) is 44.5 Å². The number of ketones is 1. The van der Waals surface area contributed by atoms with E-state index in [1.54, 1.807) is 18.2 Å². The fourth-order valence-corrected chi connectivity index (χ4v) is 2.65. The summed E-state index contributed by atoms with van der Waals surface area (Å²) in [6.07, 6.45) is 5.45. The molecule has 0 saturated carbocycles. The lowest BCUT2D eigenvalue weighted by atomic mass is 10.1. The minimum absolute atomic E-state index is 0.0271. The summed E-state index contributed by atoms with van der Waals surface area (Å²) in [5.41, 5.74) is -0.205. The Labute approximate surface area is 185 Å². The first-order chi connectivity index (χ1) is 15.4. The molecule has 0 bridgehead atoms. The van der Waals surface area contributed by atoms with Crippen LogP contribution in [0.3, 0.4) is 0 Å². The van der Waals surface area contributed by atoms with E-state index < -0.39 is 17.5 Å². The second-order valence-electron chi connectivity index (χ2n) is 6.61. The SMILES string of the molecule is C=CCOc1ccc(F)c(C(=O)CC/C=C/COc2ccc(F)c(C(=O)N(C)OC)c2)c1. The van der Waals surface area contributed by atoms with Gasteiger partial charge in [-0.25, -0.2) is 13.8 Å². The summed E-state index contributed by atoms with van der Waals surface area (Å²) in [6.45, 7) is 3.94. The van der Waals surface area contributed by atoms with E-state index in [-0.39, 0.29) is 36.5 Å². The molecule has 0 aliphatic rings. The highest BCUT2D eigenvalue weighted by molar-refractivity contribution is 5.96. The highest BCUT2D eigenvalue weighted by atomic mass is 19.1. The quantitative estimate of drug-likeness (QED) is 0.268. The molecule has 0 unspecified atom stereocenters. The lowest BCUT2D eigenvalue weighted by Gasteiger charge is -2.14. The smallest absolute Gasteiger partial charge is 0.280 e. The third-order valence-corrected chi connectivity index (χ3v) is 4.39. The predicted molar refractivity (Wildman–Crippen MR) is 116 cm³/mol. The van der Waals surface area contributed by atoms with Crippen LogP contribution < -0.4 is 9.47 Å². The minimum Gasteiger partial charge on any atom is -0.490 e. The number of hydrogen-bond donors (Lipinski definition) is 0. The fourth-order valence-electron chi connectivity index (χ4n) is 2.65. The van der Waals surface area contributed by atoms with Gasteiger partial charge in [0.05, 0.1) is 18.2 Å². The third kappa shape index (κ3) is 7.02. The van der Waals surface area contributed by atoms with Gasteiger partial charge in [-0.15, -0.1) is 0 Å². The van der Waals surface area contributed by atoms with Crippen LogP contribution in [0.25, 0.3) is 0 Å². The Bertz CT molecular complexity index is 990. The number of hydrogen-bond acceptors (Lipinski definition) is 5. The summed E-state index contributed by atoms with van der Waals surface area (Å²) in [4.78, 5) is 29.1. The molecule has 0 fully saturated rings. The van der Waals surface area contributed by atoms with Crippen molar-refractivity contribution in [3.05, 3.63) is 84.0 Å². The summed E-state index contributed by atoms with van der Waals surface area (Å²) in [5, 5.41) is 0.906. The molecule has 0 aliphatic heterocycles. The third-order valence-electron chi connectivity index (χ3n) is 4.39. The molecular formula is C24H25F2NO5. The normalized spacial score (nSPS) is 10.8. The molecule has 6 nitrogen and oxygen atoms in total. The number of ether oxygens (including phenoxy) is 2. The van der Waals surface area contributed by atoms with Crippen LogP contribution in [-0.4, -0.2) is 44.1 Å². The molecule has 0 spiro atoms. The standard InChI is InChI=1S/C24H25F2NO5/c1-4-13-31-17-9-11-21(25)19(15-17)23(28)8-6-5-7-14-32-18-10-12-22(26)20(16-18)24(29)27(2)30-3/h4-5,7,9-12,15-16H,1,6,8,13-14H2,2-3H3/b7-5+. The topological polar surface area (TPSA) is 65.1 Å². The van der Waals surface area contributed by atoms with E-state index in [9.17, 15) is 18.4 Å². The van der Waals surface area contributed by atoms with Crippen LogP contribution in [-0.2, 0) is 4.84 Å². The number of halogens is 2. The Hall–Kier alpha value is -3.52. The van der Waals surface area contributed by atoms with Crippen molar-refractivity contribution in [1.29, 1.82) is 0 Å². The molecule has 32 heavy (non-hydrogen) atoms. The Balaban J connectivity index is 1.86. The molecule has 2 aromatic rings. The van der Waals surface area contributed by atoms with Gasteiger partial charge in [-0.3, -0.25) is 14.4 Å². The van der Waals surface area contributed by atoms with E-state index in [0.29, 0.717) is 17.9 Å². The summed E-state index contributed by atoms with van der Waals surface area (Å²) in [7, 11) is 2.67. The lowest BCUT2D eigenvalue weighted by Crippen LogP contribution is -2.26. The van der Waals surface area contributed by atoms with Gasteiger partial charge in [0, 0.05) is 13.5 Å². The zero-order valence-corrected chi connectivity index (χ0v) is 18.0. The minimum atomic E-state index is -0.688. The van der Waals surface area contributed by atoms with Crippen molar-refractivity contribution in [3.63, 3.8) is 0 Å². The highest BCUT2D eigenvalue weighted by Gasteiger charge is 2.17. The molecule has 1 amide bonds. The van der Waals surface area contributed by atoms with Gasteiger partial charge in [-0.2, -0.15) is 0 Å². The summed E-state index contributed by atoms with van der Waals surface area (Å²) < 4.78 is 38.7. The maximum atomic E-state index is 14.0. The zero-order chi connectivity index (χ0) is 23.5. The van der Waals surface area contributed by atoms with Gasteiger partial charge in [0.15, 0.2) is 5.78 Å². The van der Waals surface area contributed by atoms with Gasteiger partial charge >= 0.3 is 0 Å². The summed E-state index contributed by atoms with van der Waals surface area (Å²) >= 11 is 0. The number of carbonyl (C=O) groups is 2. The van der Waals surface area contributed by atoms with Gasteiger partial charge in [-0.05, 0) is 42.8 Å². The van der Waals surface area contributed by atoms with Crippen LogP contribution in [0.2, 0.25) is 0 Å². The van der Waals surface area contributed by atoms with Crippen molar-refractivity contribution in [2.24, 2.45) is 0 Å². The summed E-state index contributed by atoms with van der Waals surface area (Å²) in [6, 6.07) is 7.85. The Morgan fingerprint density at radius 1 is 0.969 bits per heavy atom. The molecule has 0 aliphatic carbocycles. The number of allylic oxidation sites excluding steroid dienone is 1. The van der Waals surface area contributed by atoms with Crippen LogP contribution in [0.15, 0.2) is 61.2 Å². The Kier molecular flexibility index (Phi) is 9.56. The van der Waals surface area contributed by atoms with Crippen LogP contribution in [0, 0.1) is 11.6 Å². The number of benzene rings is 2. The molecule has 0 atom stereocenters. The molecule has 170 valence electrons. The van der Waals surface area contributed by atoms with Crippen molar-refractivity contribution in [2.75, 3.05) is 27.4 Å².